The van der Waals surface area contributed by atoms with Crippen LogP contribution in [0.4, 0.5) is 4.79 Å². The van der Waals surface area contributed by atoms with E-state index < -0.39 is 23.7 Å². The van der Waals surface area contributed by atoms with Crippen molar-refractivity contribution in [2.75, 3.05) is 6.61 Å². The molecule has 158 valence electrons. The Morgan fingerprint density at radius 1 is 1.03 bits per heavy atom. The summed E-state index contributed by atoms with van der Waals surface area (Å²) in [7, 11) is 0. The van der Waals surface area contributed by atoms with Crippen molar-refractivity contribution < 1.29 is 23.9 Å². The van der Waals surface area contributed by atoms with Crippen LogP contribution in [0.2, 0.25) is 0 Å². The Hall–Kier alpha value is -2.67. The summed E-state index contributed by atoms with van der Waals surface area (Å²) in [4.78, 5) is 39.3. The van der Waals surface area contributed by atoms with E-state index in [4.69, 9.17) is 9.47 Å². The lowest BCUT2D eigenvalue weighted by molar-refractivity contribution is -0.149. The van der Waals surface area contributed by atoms with Gasteiger partial charge in [-0.05, 0) is 44.0 Å². The van der Waals surface area contributed by atoms with Gasteiger partial charge in [0.1, 0.15) is 11.6 Å². The molecule has 0 spiro atoms. The monoisotopic (exact) mass is 473 g/mol. The summed E-state index contributed by atoms with van der Waals surface area (Å²) < 4.78 is 11.6. The van der Waals surface area contributed by atoms with E-state index in [0.717, 1.165) is 15.6 Å². The van der Waals surface area contributed by atoms with Crippen LogP contribution in [0.3, 0.4) is 0 Å². The molecule has 3 rings (SSSR count). The number of benzene rings is 2. The van der Waals surface area contributed by atoms with Crippen LogP contribution < -0.4 is 0 Å². The third kappa shape index (κ3) is 5.48. The molecule has 30 heavy (non-hydrogen) atoms. The van der Waals surface area contributed by atoms with Crippen LogP contribution in [-0.4, -0.2) is 41.0 Å². The van der Waals surface area contributed by atoms with Crippen molar-refractivity contribution in [3.63, 3.8) is 0 Å². The van der Waals surface area contributed by atoms with Gasteiger partial charge in [0.2, 0.25) is 0 Å². The highest BCUT2D eigenvalue weighted by atomic mass is 79.9. The molecule has 1 heterocycles. The van der Waals surface area contributed by atoms with Crippen LogP contribution in [0.1, 0.15) is 42.3 Å². The Morgan fingerprint density at radius 2 is 1.67 bits per heavy atom. The zero-order chi connectivity index (χ0) is 21.9. The van der Waals surface area contributed by atoms with Gasteiger partial charge < -0.3 is 9.47 Å². The molecule has 1 aliphatic rings. The molecule has 1 amide bonds. The first-order valence-electron chi connectivity index (χ1n) is 9.66. The second-order valence-electron chi connectivity index (χ2n) is 8.13. The minimum atomic E-state index is -0.854. The van der Waals surface area contributed by atoms with E-state index in [2.05, 4.69) is 15.9 Å². The van der Waals surface area contributed by atoms with Crippen molar-refractivity contribution in [1.29, 1.82) is 0 Å². The molecular weight excluding hydrogens is 450 g/mol. The average molecular weight is 474 g/mol. The maximum atomic E-state index is 12.8. The Kier molecular flexibility index (Phi) is 6.61. The lowest BCUT2D eigenvalue weighted by Crippen LogP contribution is -2.51. The Morgan fingerprint density at radius 3 is 2.30 bits per heavy atom. The second kappa shape index (κ2) is 9.00. The zero-order valence-electron chi connectivity index (χ0n) is 17.2. The fourth-order valence-corrected chi connectivity index (χ4v) is 3.46. The smallest absolute Gasteiger partial charge is 0.411 e. The van der Waals surface area contributed by atoms with Crippen LogP contribution in [-0.2, 0) is 27.2 Å². The Bertz CT molecular complexity index is 949. The van der Waals surface area contributed by atoms with E-state index in [9.17, 15) is 14.4 Å². The number of hydrogen-bond donors (Lipinski definition) is 0. The van der Waals surface area contributed by atoms with E-state index >= 15 is 0 Å². The van der Waals surface area contributed by atoms with Gasteiger partial charge in [-0.1, -0.05) is 52.3 Å². The van der Waals surface area contributed by atoms with E-state index in [1.54, 1.807) is 45.0 Å². The lowest BCUT2D eigenvalue weighted by atomic mass is 9.94. The highest BCUT2D eigenvalue weighted by Crippen LogP contribution is 2.26. The van der Waals surface area contributed by atoms with Crippen LogP contribution >= 0.6 is 15.9 Å². The highest BCUT2D eigenvalue weighted by molar-refractivity contribution is 9.10. The number of hydrogen-bond acceptors (Lipinski definition) is 5. The van der Waals surface area contributed by atoms with Gasteiger partial charge in [-0.25, -0.2) is 9.59 Å². The fraction of sp³-hybridized carbons (Fsp3) is 0.348. The normalized spacial score (nSPS) is 15.9. The summed E-state index contributed by atoms with van der Waals surface area (Å²) >= 11 is 3.32. The van der Waals surface area contributed by atoms with Crippen LogP contribution in [0.15, 0.2) is 53.0 Å². The van der Waals surface area contributed by atoms with Crippen molar-refractivity contribution in [2.45, 2.75) is 45.4 Å². The summed E-state index contributed by atoms with van der Waals surface area (Å²) in [5.74, 6) is -0.934. The zero-order valence-corrected chi connectivity index (χ0v) is 18.8. The van der Waals surface area contributed by atoms with Crippen molar-refractivity contribution in [2.24, 2.45) is 0 Å². The topological polar surface area (TPSA) is 72.9 Å². The molecule has 7 heteroatoms. The summed E-state index contributed by atoms with van der Waals surface area (Å²) in [5.41, 5.74) is 1.68. The summed E-state index contributed by atoms with van der Waals surface area (Å²) in [5, 5.41) is 0. The van der Waals surface area contributed by atoms with E-state index in [1.165, 1.54) is 4.90 Å². The molecular formula is C23H24BrNO5. The molecule has 0 bridgehead atoms. The Balaban J connectivity index is 1.74. The number of ketones is 1. The number of rotatable bonds is 4. The van der Waals surface area contributed by atoms with Crippen LogP contribution in [0.25, 0.3) is 0 Å². The molecule has 0 saturated carbocycles. The third-order valence-electron chi connectivity index (χ3n) is 4.66. The minimum Gasteiger partial charge on any atom is -0.456 e. The number of Topliss-reactive ketones (excluding diaryl/α,β-unsaturated/α-hetero) is 1. The van der Waals surface area contributed by atoms with Gasteiger partial charge in [0.05, 0.1) is 6.54 Å². The fourth-order valence-electron chi connectivity index (χ4n) is 3.20. The van der Waals surface area contributed by atoms with Gasteiger partial charge in [0.15, 0.2) is 12.4 Å². The van der Waals surface area contributed by atoms with E-state index in [1.807, 2.05) is 24.3 Å². The van der Waals surface area contributed by atoms with E-state index in [-0.39, 0.29) is 18.9 Å². The van der Waals surface area contributed by atoms with Gasteiger partial charge in [-0.3, -0.25) is 9.69 Å². The summed E-state index contributed by atoms with van der Waals surface area (Å²) in [6.45, 7) is 5.17. The number of halogens is 1. The maximum Gasteiger partial charge on any atom is 0.411 e. The van der Waals surface area contributed by atoms with Gasteiger partial charge in [-0.2, -0.15) is 0 Å². The number of nitrogens with zero attached hydrogens (tertiary/aromatic N) is 1. The number of carbonyl (C=O) groups excluding carboxylic acids is 3. The van der Waals surface area contributed by atoms with Crippen LogP contribution in [0, 0.1) is 0 Å². The van der Waals surface area contributed by atoms with Crippen molar-refractivity contribution >= 4 is 33.8 Å². The lowest BCUT2D eigenvalue weighted by Gasteiger charge is -2.36. The molecule has 0 N–H and O–H groups in total. The van der Waals surface area contributed by atoms with Crippen molar-refractivity contribution in [1.82, 2.24) is 4.90 Å². The molecule has 0 unspecified atom stereocenters. The van der Waals surface area contributed by atoms with E-state index in [0.29, 0.717) is 12.0 Å². The predicted octanol–water partition coefficient (Wildman–Crippen LogP) is 4.54. The van der Waals surface area contributed by atoms with Gasteiger partial charge in [0.25, 0.3) is 0 Å². The molecule has 6 nitrogen and oxygen atoms in total. The number of fused-ring (bicyclic) bond motifs is 1. The molecule has 2 aromatic rings. The minimum absolute atomic E-state index is 0.242. The molecule has 0 saturated heterocycles. The van der Waals surface area contributed by atoms with Gasteiger partial charge in [0, 0.05) is 16.5 Å². The molecule has 1 aliphatic heterocycles. The first kappa shape index (κ1) is 22.0. The average Bonchev–Trinajstić information content (AvgIpc) is 2.70. The van der Waals surface area contributed by atoms with Gasteiger partial charge >= 0.3 is 12.1 Å². The first-order chi connectivity index (χ1) is 14.1. The molecule has 1 atom stereocenters. The number of carbonyl (C=O) groups is 3. The second-order valence-corrected chi connectivity index (χ2v) is 9.05. The molecule has 0 aromatic heterocycles. The molecule has 2 aromatic carbocycles. The predicted molar refractivity (Wildman–Crippen MR) is 115 cm³/mol. The molecule has 0 fully saturated rings. The van der Waals surface area contributed by atoms with Gasteiger partial charge in [-0.15, -0.1) is 0 Å². The van der Waals surface area contributed by atoms with Crippen LogP contribution in [0.5, 0.6) is 0 Å². The quantitative estimate of drug-likeness (QED) is 0.481. The summed E-state index contributed by atoms with van der Waals surface area (Å²) in [6, 6.07) is 13.6. The summed E-state index contributed by atoms with van der Waals surface area (Å²) in [6.07, 6.45) is -0.279. The molecule has 0 aliphatic carbocycles. The number of ether oxygens (including phenoxy) is 2. The van der Waals surface area contributed by atoms with Crippen molar-refractivity contribution in [3.05, 3.63) is 69.7 Å². The largest absolute Gasteiger partial charge is 0.456 e. The van der Waals surface area contributed by atoms with Crippen molar-refractivity contribution in [3.8, 4) is 0 Å². The third-order valence-corrected chi connectivity index (χ3v) is 5.19. The Labute approximate surface area is 184 Å². The number of esters is 1. The standard InChI is InChI=1S/C23H24BrNO5/c1-23(2,3)30-22(28)25-13-17-7-5-4-6-16(17)12-19(25)21(27)29-14-20(26)15-8-10-18(24)11-9-15/h4-11,19H,12-14H2,1-3H3/t19-/m1/s1. The SMILES string of the molecule is CC(C)(C)OC(=O)N1Cc2ccccc2C[C@@H]1C(=O)OCC(=O)c1ccc(Br)cc1. The molecule has 0 radical (unpaired) electrons. The highest BCUT2D eigenvalue weighted by Gasteiger charge is 2.38. The first-order valence-corrected chi connectivity index (χ1v) is 10.4. The maximum absolute atomic E-state index is 12.8. The number of amides is 1.